The van der Waals surface area contributed by atoms with Gasteiger partial charge in [-0.2, -0.15) is 0 Å². The zero-order valence-electron chi connectivity index (χ0n) is 16.0. The predicted molar refractivity (Wildman–Crippen MR) is 116 cm³/mol. The summed E-state index contributed by atoms with van der Waals surface area (Å²) in [7, 11) is 3.31. The molecule has 0 amide bonds. The number of anilines is 1. The van der Waals surface area contributed by atoms with Crippen molar-refractivity contribution in [2.24, 2.45) is 0 Å². The maximum Gasteiger partial charge on any atom is 0.174 e. The number of hydrogen-bond acceptors (Lipinski definition) is 4. The van der Waals surface area contributed by atoms with Crippen molar-refractivity contribution in [3.05, 3.63) is 84.2 Å². The molecule has 1 heterocycles. The fourth-order valence-electron chi connectivity index (χ4n) is 2.71. The SMILES string of the molecule is COc1ccc(CN(Cc2ccccn2)C(=S)Nc2ccc(OC)cc2)cc1. The number of nitrogens with one attached hydrogen (secondary N) is 1. The molecule has 0 aliphatic heterocycles. The summed E-state index contributed by atoms with van der Waals surface area (Å²) in [5, 5.41) is 3.94. The monoisotopic (exact) mass is 393 g/mol. The van der Waals surface area contributed by atoms with Crippen LogP contribution in [0.15, 0.2) is 72.9 Å². The van der Waals surface area contributed by atoms with Crippen LogP contribution in [0.2, 0.25) is 0 Å². The van der Waals surface area contributed by atoms with Gasteiger partial charge in [-0.25, -0.2) is 0 Å². The molecular weight excluding hydrogens is 370 g/mol. The molecular formula is C22H23N3O2S. The Labute approximate surface area is 170 Å². The van der Waals surface area contributed by atoms with E-state index in [1.165, 1.54) is 0 Å². The molecule has 1 aromatic heterocycles. The second-order valence-corrected chi connectivity index (χ2v) is 6.57. The number of thiocarbonyl (C=S) groups is 1. The van der Waals surface area contributed by atoms with Gasteiger partial charge in [0.25, 0.3) is 0 Å². The van der Waals surface area contributed by atoms with E-state index >= 15 is 0 Å². The van der Waals surface area contributed by atoms with Crippen LogP contribution < -0.4 is 14.8 Å². The fourth-order valence-corrected chi connectivity index (χ4v) is 2.96. The van der Waals surface area contributed by atoms with Gasteiger partial charge in [-0.15, -0.1) is 0 Å². The summed E-state index contributed by atoms with van der Waals surface area (Å²) in [5.74, 6) is 1.64. The minimum absolute atomic E-state index is 0.606. The lowest BCUT2D eigenvalue weighted by Crippen LogP contribution is -2.34. The third kappa shape index (κ3) is 5.44. The minimum atomic E-state index is 0.606. The maximum absolute atomic E-state index is 5.70. The van der Waals surface area contributed by atoms with Crippen molar-refractivity contribution < 1.29 is 9.47 Å². The van der Waals surface area contributed by atoms with Crippen LogP contribution in [-0.4, -0.2) is 29.2 Å². The summed E-state index contributed by atoms with van der Waals surface area (Å²) in [6.07, 6.45) is 1.79. The smallest absolute Gasteiger partial charge is 0.174 e. The van der Waals surface area contributed by atoms with E-state index in [1.54, 1.807) is 20.4 Å². The Kier molecular flexibility index (Phi) is 6.81. The molecule has 0 radical (unpaired) electrons. The molecule has 0 aliphatic carbocycles. The van der Waals surface area contributed by atoms with E-state index in [9.17, 15) is 0 Å². The molecule has 0 saturated carbocycles. The Morgan fingerprint density at radius 2 is 1.54 bits per heavy atom. The number of methoxy groups -OCH3 is 2. The van der Waals surface area contributed by atoms with Gasteiger partial charge in [-0.3, -0.25) is 4.98 Å². The summed E-state index contributed by atoms with van der Waals surface area (Å²) in [6, 6.07) is 21.6. The molecule has 6 heteroatoms. The van der Waals surface area contributed by atoms with Crippen LogP contribution in [0.5, 0.6) is 11.5 Å². The summed E-state index contributed by atoms with van der Waals surface area (Å²) in [4.78, 5) is 6.52. The first-order valence-electron chi connectivity index (χ1n) is 8.91. The van der Waals surface area contributed by atoms with E-state index in [4.69, 9.17) is 21.7 Å². The zero-order valence-corrected chi connectivity index (χ0v) is 16.8. The van der Waals surface area contributed by atoms with Gasteiger partial charge in [0.1, 0.15) is 11.5 Å². The second kappa shape index (κ2) is 9.71. The Morgan fingerprint density at radius 1 is 0.893 bits per heavy atom. The van der Waals surface area contributed by atoms with Gasteiger partial charge in [0.05, 0.1) is 26.5 Å². The average molecular weight is 394 g/mol. The van der Waals surface area contributed by atoms with Gasteiger partial charge in [-0.1, -0.05) is 18.2 Å². The number of pyridine rings is 1. The van der Waals surface area contributed by atoms with Gasteiger partial charge in [0, 0.05) is 18.4 Å². The highest BCUT2D eigenvalue weighted by molar-refractivity contribution is 7.80. The van der Waals surface area contributed by atoms with Crippen LogP contribution in [0.4, 0.5) is 5.69 Å². The van der Waals surface area contributed by atoms with E-state index in [2.05, 4.69) is 15.2 Å². The summed E-state index contributed by atoms with van der Waals surface area (Å²) in [6.45, 7) is 1.26. The van der Waals surface area contributed by atoms with Crippen LogP contribution in [0, 0.1) is 0 Å². The molecule has 3 rings (SSSR count). The molecule has 3 aromatic rings. The third-order valence-corrected chi connectivity index (χ3v) is 4.60. The first-order valence-corrected chi connectivity index (χ1v) is 9.31. The Balaban J connectivity index is 1.76. The van der Waals surface area contributed by atoms with Gasteiger partial charge < -0.3 is 19.7 Å². The fraction of sp³-hybridized carbons (Fsp3) is 0.182. The quantitative estimate of drug-likeness (QED) is 0.597. The molecule has 2 aromatic carbocycles. The van der Waals surface area contributed by atoms with E-state index in [0.717, 1.165) is 28.4 Å². The van der Waals surface area contributed by atoms with Crippen molar-refractivity contribution in [1.29, 1.82) is 0 Å². The van der Waals surface area contributed by atoms with Crippen LogP contribution in [0.1, 0.15) is 11.3 Å². The van der Waals surface area contributed by atoms with Gasteiger partial charge in [0.15, 0.2) is 5.11 Å². The van der Waals surface area contributed by atoms with Crippen molar-refractivity contribution in [1.82, 2.24) is 9.88 Å². The van der Waals surface area contributed by atoms with Crippen LogP contribution >= 0.6 is 12.2 Å². The molecule has 0 aliphatic rings. The number of aromatic nitrogens is 1. The maximum atomic E-state index is 5.70. The first-order chi connectivity index (χ1) is 13.7. The molecule has 0 saturated heterocycles. The molecule has 28 heavy (non-hydrogen) atoms. The van der Waals surface area contributed by atoms with Crippen molar-refractivity contribution in [2.75, 3.05) is 19.5 Å². The van der Waals surface area contributed by atoms with Gasteiger partial charge in [0.2, 0.25) is 0 Å². The van der Waals surface area contributed by atoms with Gasteiger partial charge >= 0.3 is 0 Å². The van der Waals surface area contributed by atoms with Crippen LogP contribution in [0.25, 0.3) is 0 Å². The number of ether oxygens (including phenoxy) is 2. The largest absolute Gasteiger partial charge is 0.497 e. The molecule has 144 valence electrons. The number of hydrogen-bond donors (Lipinski definition) is 1. The highest BCUT2D eigenvalue weighted by Gasteiger charge is 2.13. The summed E-state index contributed by atoms with van der Waals surface area (Å²) >= 11 is 5.70. The van der Waals surface area contributed by atoms with Crippen LogP contribution in [-0.2, 0) is 13.1 Å². The highest BCUT2D eigenvalue weighted by atomic mass is 32.1. The Morgan fingerprint density at radius 3 is 2.11 bits per heavy atom. The van der Waals surface area contributed by atoms with E-state index < -0.39 is 0 Å². The topological polar surface area (TPSA) is 46.6 Å². The summed E-state index contributed by atoms with van der Waals surface area (Å²) in [5.41, 5.74) is 3.00. The van der Waals surface area contributed by atoms with Crippen LogP contribution in [0.3, 0.4) is 0 Å². The van der Waals surface area contributed by atoms with Crippen molar-refractivity contribution in [3.8, 4) is 11.5 Å². The molecule has 0 spiro atoms. The standard InChI is InChI=1S/C22H23N3O2S/c1-26-20-10-6-17(7-11-20)15-25(16-19-5-3-4-14-23-19)22(28)24-18-8-12-21(27-2)13-9-18/h3-14H,15-16H2,1-2H3,(H,24,28). The molecule has 1 N–H and O–H groups in total. The zero-order chi connectivity index (χ0) is 19.8. The lowest BCUT2D eigenvalue weighted by molar-refractivity contribution is 0.403. The third-order valence-electron chi connectivity index (χ3n) is 4.24. The lowest BCUT2D eigenvalue weighted by Gasteiger charge is -2.26. The molecule has 0 bridgehead atoms. The molecule has 0 atom stereocenters. The minimum Gasteiger partial charge on any atom is -0.497 e. The number of rotatable bonds is 7. The molecule has 5 nitrogen and oxygen atoms in total. The Bertz CT molecular complexity index is 884. The van der Waals surface area contributed by atoms with Gasteiger partial charge in [-0.05, 0) is 66.3 Å². The predicted octanol–water partition coefficient (Wildman–Crippen LogP) is 4.50. The normalized spacial score (nSPS) is 10.2. The van der Waals surface area contributed by atoms with E-state index in [-0.39, 0.29) is 0 Å². The lowest BCUT2D eigenvalue weighted by atomic mass is 10.2. The van der Waals surface area contributed by atoms with E-state index in [0.29, 0.717) is 18.2 Å². The second-order valence-electron chi connectivity index (χ2n) is 6.18. The van der Waals surface area contributed by atoms with Crippen molar-refractivity contribution >= 4 is 23.0 Å². The highest BCUT2D eigenvalue weighted by Crippen LogP contribution is 2.18. The number of nitrogens with zero attached hydrogens (tertiary/aromatic N) is 2. The van der Waals surface area contributed by atoms with Crippen molar-refractivity contribution in [2.45, 2.75) is 13.1 Å². The first kappa shape index (κ1) is 19.6. The van der Waals surface area contributed by atoms with E-state index in [1.807, 2.05) is 66.7 Å². The summed E-state index contributed by atoms with van der Waals surface area (Å²) < 4.78 is 10.5. The number of benzene rings is 2. The average Bonchev–Trinajstić information content (AvgIpc) is 2.75. The van der Waals surface area contributed by atoms with Crippen molar-refractivity contribution in [3.63, 3.8) is 0 Å². The molecule has 0 fully saturated rings. The Hall–Kier alpha value is -3.12. The molecule has 0 unspecified atom stereocenters.